The molecule has 2 aliphatic heterocycles. The van der Waals surface area contributed by atoms with Crippen molar-refractivity contribution in [2.75, 3.05) is 29.5 Å². The van der Waals surface area contributed by atoms with Gasteiger partial charge in [0.05, 0.1) is 21.3 Å². The number of nitrogen functional groups attached to an aromatic ring is 1. The zero-order valence-corrected chi connectivity index (χ0v) is 25.5. The summed E-state index contributed by atoms with van der Waals surface area (Å²) in [5.41, 5.74) is 2.79. The number of piperazine rings is 1. The molecule has 0 radical (unpaired) electrons. The van der Waals surface area contributed by atoms with Gasteiger partial charge in [-0.15, -0.1) is 11.8 Å². The van der Waals surface area contributed by atoms with Crippen LogP contribution >= 0.6 is 23.1 Å². The molecule has 3 atom stereocenters. The van der Waals surface area contributed by atoms with E-state index in [4.69, 9.17) is 5.73 Å². The maximum absolute atomic E-state index is 15.7. The number of hydrogen-bond donors (Lipinski definition) is 1. The zero-order chi connectivity index (χ0) is 31.8. The lowest BCUT2D eigenvalue weighted by Crippen LogP contribution is -2.58. The molecule has 1 fully saturated rings. The van der Waals surface area contributed by atoms with E-state index in [9.17, 15) is 14.0 Å². The monoisotopic (exact) mass is 650 g/mol. The Bertz CT molecular complexity index is 1910. The fraction of sp³-hybridized carbons (Fsp3) is 0.379. The highest BCUT2D eigenvalue weighted by Crippen LogP contribution is 2.52. The number of rotatable bonds is 4. The standard InChI is InChI=1S/C29H27F5N6O2S2/c1-5-14-11-43-25-20(21-17(30)8-18(31)24-22(21)36-27(35)44-24)16(29(32,33)34)7-15-23(25)40(14)28(42)37-26(15)38-9-12(3)39(13(4)10-38)19(41)6-2/h6-8,12-14H,2,5,9-11H2,1,3-4H3,(H2,35,36)/t12-,13+,14?. The minimum atomic E-state index is -4.98. The first-order chi connectivity index (χ1) is 20.8. The Hall–Kier alpha value is -3.72. The molecule has 4 aromatic rings. The Kier molecular flexibility index (Phi) is 7.38. The van der Waals surface area contributed by atoms with Crippen LogP contribution in [0.15, 0.2) is 34.5 Å². The van der Waals surface area contributed by atoms with Crippen molar-refractivity contribution in [3.05, 3.63) is 52.5 Å². The number of nitrogens with two attached hydrogens (primary N) is 1. The summed E-state index contributed by atoms with van der Waals surface area (Å²) in [6, 6.07) is 0.304. The number of aromatic nitrogens is 3. The van der Waals surface area contributed by atoms with E-state index in [2.05, 4.69) is 16.5 Å². The van der Waals surface area contributed by atoms with Crippen LogP contribution in [-0.4, -0.2) is 56.3 Å². The number of thiazole rings is 1. The SMILES string of the molecule is C=CC(=O)N1[C@H](C)CN(c2nc(=O)n3c4c(c(-c5c(F)cc(F)c6sc(N)nc56)c(C(F)(F)F)cc24)SCC3CC)C[C@@H]1C. The quantitative estimate of drug-likeness (QED) is 0.207. The van der Waals surface area contributed by atoms with Crippen LogP contribution in [0.3, 0.4) is 0 Å². The van der Waals surface area contributed by atoms with Crippen LogP contribution in [0, 0.1) is 11.6 Å². The molecule has 1 unspecified atom stereocenters. The highest BCUT2D eigenvalue weighted by molar-refractivity contribution is 7.99. The van der Waals surface area contributed by atoms with E-state index in [0.717, 1.165) is 17.8 Å². The number of fused-ring (bicyclic) bond motifs is 1. The van der Waals surface area contributed by atoms with Crippen molar-refractivity contribution in [1.82, 2.24) is 19.4 Å². The average molecular weight is 651 g/mol. The summed E-state index contributed by atoms with van der Waals surface area (Å²) in [5.74, 6) is -2.22. The summed E-state index contributed by atoms with van der Waals surface area (Å²) in [5, 5.41) is -0.0612. The predicted molar refractivity (Wildman–Crippen MR) is 162 cm³/mol. The summed E-state index contributed by atoms with van der Waals surface area (Å²) in [4.78, 5) is 37.9. The molecule has 6 rings (SSSR count). The first-order valence-electron chi connectivity index (χ1n) is 13.8. The van der Waals surface area contributed by atoms with Crippen molar-refractivity contribution in [1.29, 1.82) is 0 Å². The lowest BCUT2D eigenvalue weighted by Gasteiger charge is -2.45. The second-order valence-electron chi connectivity index (χ2n) is 11.0. The van der Waals surface area contributed by atoms with Gasteiger partial charge in [-0.2, -0.15) is 18.2 Å². The molecule has 2 aromatic heterocycles. The minimum absolute atomic E-state index is 0.0280. The van der Waals surface area contributed by atoms with Crippen LogP contribution in [0.2, 0.25) is 0 Å². The molecule has 0 spiro atoms. The van der Waals surface area contributed by atoms with Crippen molar-refractivity contribution in [2.45, 2.75) is 56.4 Å². The number of halogens is 5. The summed E-state index contributed by atoms with van der Waals surface area (Å²) in [6.07, 6.45) is -3.28. The smallest absolute Gasteiger partial charge is 0.375 e. The highest BCUT2D eigenvalue weighted by atomic mass is 32.2. The van der Waals surface area contributed by atoms with Gasteiger partial charge in [0.25, 0.3) is 0 Å². The van der Waals surface area contributed by atoms with Gasteiger partial charge in [0.1, 0.15) is 17.5 Å². The van der Waals surface area contributed by atoms with E-state index in [1.54, 1.807) is 23.6 Å². The fourth-order valence-corrected chi connectivity index (χ4v) is 8.60. The lowest BCUT2D eigenvalue weighted by molar-refractivity contribution is -0.137. The van der Waals surface area contributed by atoms with E-state index in [1.807, 2.05) is 6.92 Å². The molecule has 8 nitrogen and oxygen atoms in total. The number of anilines is 2. The van der Waals surface area contributed by atoms with Crippen molar-refractivity contribution in [3.8, 4) is 11.1 Å². The zero-order valence-electron chi connectivity index (χ0n) is 23.8. The van der Waals surface area contributed by atoms with Gasteiger partial charge in [-0.1, -0.05) is 24.8 Å². The maximum atomic E-state index is 15.7. The number of alkyl halides is 3. The fourth-order valence-electron chi connectivity index (χ4n) is 6.41. The third-order valence-corrected chi connectivity index (χ3v) is 10.3. The average Bonchev–Trinajstić information content (AvgIpc) is 3.35. The Morgan fingerprint density at radius 1 is 1.14 bits per heavy atom. The van der Waals surface area contributed by atoms with Gasteiger partial charge in [-0.05, 0) is 32.4 Å². The number of hydrogen-bond acceptors (Lipinski definition) is 8. The van der Waals surface area contributed by atoms with Crippen LogP contribution in [-0.2, 0) is 11.0 Å². The molecule has 44 heavy (non-hydrogen) atoms. The molecular formula is C29H27F5N6O2S2. The normalized spacial score (nSPS) is 20.5. The first-order valence-corrected chi connectivity index (χ1v) is 15.6. The molecule has 0 bridgehead atoms. The van der Waals surface area contributed by atoms with Gasteiger partial charge >= 0.3 is 11.9 Å². The number of carbonyl (C=O) groups excluding carboxylic acids is 1. The number of carbonyl (C=O) groups is 1. The van der Waals surface area contributed by atoms with Crippen LogP contribution in [0.1, 0.15) is 38.8 Å². The van der Waals surface area contributed by atoms with Gasteiger partial charge in [0, 0.05) is 64.4 Å². The second-order valence-corrected chi connectivity index (χ2v) is 13.0. The van der Waals surface area contributed by atoms with Crippen LogP contribution < -0.4 is 16.3 Å². The third-order valence-electron chi connectivity index (χ3n) is 8.19. The van der Waals surface area contributed by atoms with E-state index < -0.39 is 40.2 Å². The van der Waals surface area contributed by atoms with Crippen LogP contribution in [0.4, 0.5) is 32.9 Å². The summed E-state index contributed by atoms with van der Waals surface area (Å²) in [7, 11) is 0. The maximum Gasteiger partial charge on any atom is 0.417 e. The van der Waals surface area contributed by atoms with Gasteiger partial charge in [0.2, 0.25) is 5.91 Å². The van der Waals surface area contributed by atoms with E-state index in [-0.39, 0.29) is 79.8 Å². The van der Waals surface area contributed by atoms with E-state index >= 15 is 17.6 Å². The molecule has 15 heteroatoms. The van der Waals surface area contributed by atoms with Crippen LogP contribution in [0.5, 0.6) is 0 Å². The lowest BCUT2D eigenvalue weighted by atomic mass is 9.94. The molecule has 2 aliphatic rings. The largest absolute Gasteiger partial charge is 0.417 e. The number of amides is 1. The number of benzene rings is 2. The van der Waals surface area contributed by atoms with Crippen LogP contribution in [0.25, 0.3) is 32.2 Å². The molecule has 2 aromatic carbocycles. The van der Waals surface area contributed by atoms with Gasteiger partial charge in [0.15, 0.2) is 5.13 Å². The van der Waals surface area contributed by atoms with E-state index in [1.165, 1.54) is 10.6 Å². The highest BCUT2D eigenvalue weighted by Gasteiger charge is 2.41. The molecule has 1 saturated heterocycles. The Morgan fingerprint density at radius 2 is 1.82 bits per heavy atom. The Balaban J connectivity index is 1.71. The molecule has 232 valence electrons. The minimum Gasteiger partial charge on any atom is -0.375 e. The summed E-state index contributed by atoms with van der Waals surface area (Å²) >= 11 is 1.79. The van der Waals surface area contributed by atoms with Gasteiger partial charge in [-0.3, -0.25) is 9.36 Å². The number of nitrogens with zero attached hydrogens (tertiary/aromatic N) is 5. The van der Waals surface area contributed by atoms with Crippen molar-refractivity contribution >= 4 is 61.1 Å². The molecule has 2 N–H and O–H groups in total. The Morgan fingerprint density at radius 3 is 2.43 bits per heavy atom. The molecule has 0 saturated carbocycles. The topological polar surface area (TPSA) is 97.4 Å². The van der Waals surface area contributed by atoms with Crippen molar-refractivity contribution in [3.63, 3.8) is 0 Å². The summed E-state index contributed by atoms with van der Waals surface area (Å²) in [6.45, 7) is 9.40. The second kappa shape index (κ2) is 10.7. The molecule has 0 aliphatic carbocycles. The molecule has 1 amide bonds. The van der Waals surface area contributed by atoms with Gasteiger partial charge < -0.3 is 15.5 Å². The number of thioether (sulfide) groups is 1. The van der Waals surface area contributed by atoms with Crippen molar-refractivity contribution < 1.29 is 26.7 Å². The van der Waals surface area contributed by atoms with E-state index in [0.29, 0.717) is 23.8 Å². The third kappa shape index (κ3) is 4.62. The summed E-state index contributed by atoms with van der Waals surface area (Å²) < 4.78 is 76.6. The Labute approximate surface area is 256 Å². The molecular weight excluding hydrogens is 623 g/mol. The predicted octanol–water partition coefficient (Wildman–Crippen LogP) is 6.22. The van der Waals surface area contributed by atoms with Crippen molar-refractivity contribution in [2.24, 2.45) is 0 Å². The van der Waals surface area contributed by atoms with Gasteiger partial charge in [-0.25, -0.2) is 18.6 Å². The first kappa shape index (κ1) is 30.3. The molecule has 4 heterocycles.